The van der Waals surface area contributed by atoms with Gasteiger partial charge in [0.25, 0.3) is 0 Å². The molecule has 0 saturated heterocycles. The van der Waals surface area contributed by atoms with Crippen molar-refractivity contribution in [2.24, 2.45) is 23.7 Å². The maximum Gasteiger partial charge on any atom is 0.309 e. The van der Waals surface area contributed by atoms with Crippen LogP contribution in [0.5, 0.6) is 0 Å². The Labute approximate surface area is 83.8 Å². The number of carbonyl (C=O) groups excluding carboxylic acids is 2. The van der Waals surface area contributed by atoms with Gasteiger partial charge < -0.3 is 4.74 Å². The summed E-state index contributed by atoms with van der Waals surface area (Å²) >= 11 is 0. The van der Waals surface area contributed by atoms with Crippen LogP contribution in [-0.2, 0) is 14.3 Å². The Balaban J connectivity index is 1.94. The molecule has 2 fully saturated rings. The number of hydrogen-bond acceptors (Lipinski definition) is 3. The third-order valence-electron chi connectivity index (χ3n) is 3.51. The SMILES string of the molecule is CCOC(=O)C1C2CC(CC)C(=O)C21. The van der Waals surface area contributed by atoms with Crippen LogP contribution in [-0.4, -0.2) is 18.4 Å². The molecule has 4 atom stereocenters. The van der Waals surface area contributed by atoms with Gasteiger partial charge in [-0.2, -0.15) is 0 Å². The number of fused-ring (bicyclic) bond motifs is 1. The average Bonchev–Trinajstić information content (AvgIpc) is 2.79. The minimum absolute atomic E-state index is 0.0130. The highest BCUT2D eigenvalue weighted by molar-refractivity contribution is 5.96. The van der Waals surface area contributed by atoms with E-state index in [9.17, 15) is 9.59 Å². The molecule has 3 heteroatoms. The van der Waals surface area contributed by atoms with Crippen LogP contribution < -0.4 is 0 Å². The van der Waals surface area contributed by atoms with Crippen molar-refractivity contribution in [1.29, 1.82) is 0 Å². The van der Waals surface area contributed by atoms with Gasteiger partial charge in [-0.15, -0.1) is 0 Å². The van der Waals surface area contributed by atoms with Crippen molar-refractivity contribution in [3.8, 4) is 0 Å². The zero-order chi connectivity index (χ0) is 10.3. The molecule has 4 unspecified atom stereocenters. The summed E-state index contributed by atoms with van der Waals surface area (Å²) in [5, 5.41) is 0. The van der Waals surface area contributed by atoms with E-state index in [1.165, 1.54) is 0 Å². The summed E-state index contributed by atoms with van der Waals surface area (Å²) in [4.78, 5) is 23.1. The van der Waals surface area contributed by atoms with Gasteiger partial charge >= 0.3 is 5.97 Å². The number of ether oxygens (including phenoxy) is 1. The topological polar surface area (TPSA) is 43.4 Å². The highest BCUT2D eigenvalue weighted by Gasteiger charge is 2.65. The first-order valence-corrected chi connectivity index (χ1v) is 5.41. The van der Waals surface area contributed by atoms with Gasteiger partial charge in [0.2, 0.25) is 0 Å². The predicted molar refractivity (Wildman–Crippen MR) is 50.5 cm³/mol. The summed E-state index contributed by atoms with van der Waals surface area (Å²) in [7, 11) is 0. The second kappa shape index (κ2) is 3.37. The first-order valence-electron chi connectivity index (χ1n) is 5.41. The molecule has 0 heterocycles. The molecule has 3 nitrogen and oxygen atoms in total. The summed E-state index contributed by atoms with van der Waals surface area (Å²) in [5.74, 6) is 0.590. The molecule has 2 aliphatic carbocycles. The quantitative estimate of drug-likeness (QED) is 0.641. The van der Waals surface area contributed by atoms with Gasteiger partial charge in [-0.3, -0.25) is 9.59 Å². The molecule has 2 rings (SSSR count). The first-order chi connectivity index (χ1) is 6.70. The highest BCUT2D eigenvalue weighted by Crippen LogP contribution is 2.58. The summed E-state index contributed by atoms with van der Waals surface area (Å²) < 4.78 is 4.93. The van der Waals surface area contributed by atoms with Crippen LogP contribution in [0, 0.1) is 23.7 Å². The summed E-state index contributed by atoms with van der Waals surface area (Å²) in [6.07, 6.45) is 1.82. The van der Waals surface area contributed by atoms with Crippen LogP contribution in [0.25, 0.3) is 0 Å². The molecule has 78 valence electrons. The Bertz CT molecular complexity index is 268. The lowest BCUT2D eigenvalue weighted by Gasteiger charge is -2.09. The number of hydrogen-bond donors (Lipinski definition) is 0. The predicted octanol–water partition coefficient (Wildman–Crippen LogP) is 1.41. The number of ketones is 1. The molecule has 0 radical (unpaired) electrons. The number of carbonyl (C=O) groups is 2. The monoisotopic (exact) mass is 196 g/mol. The van der Waals surface area contributed by atoms with E-state index in [-0.39, 0.29) is 23.7 Å². The molecular weight excluding hydrogens is 180 g/mol. The molecule has 0 N–H and O–H groups in total. The number of Topliss-reactive ketones (excluding diaryl/α,β-unsaturated/α-hetero) is 1. The Morgan fingerprint density at radius 2 is 2.21 bits per heavy atom. The van der Waals surface area contributed by atoms with E-state index in [1.54, 1.807) is 6.92 Å². The molecule has 0 amide bonds. The molecule has 0 aliphatic heterocycles. The Morgan fingerprint density at radius 3 is 2.64 bits per heavy atom. The third kappa shape index (κ3) is 1.26. The third-order valence-corrected chi connectivity index (χ3v) is 3.51. The molecule has 0 aromatic carbocycles. The van der Waals surface area contributed by atoms with Crippen molar-refractivity contribution in [2.75, 3.05) is 6.61 Å². The average molecular weight is 196 g/mol. The zero-order valence-corrected chi connectivity index (χ0v) is 8.66. The highest BCUT2D eigenvalue weighted by atomic mass is 16.5. The fourth-order valence-electron chi connectivity index (χ4n) is 2.70. The van der Waals surface area contributed by atoms with Gasteiger partial charge in [-0.1, -0.05) is 6.92 Å². The minimum Gasteiger partial charge on any atom is -0.466 e. The Hall–Kier alpha value is -0.860. The fraction of sp³-hybridized carbons (Fsp3) is 0.818. The van der Waals surface area contributed by atoms with Gasteiger partial charge in [0, 0.05) is 11.8 Å². The molecular formula is C11H16O3. The van der Waals surface area contributed by atoms with Crippen molar-refractivity contribution in [2.45, 2.75) is 26.7 Å². The summed E-state index contributed by atoms with van der Waals surface area (Å²) in [6.45, 7) is 4.25. The van der Waals surface area contributed by atoms with Crippen LogP contribution in [0.3, 0.4) is 0 Å². The van der Waals surface area contributed by atoms with E-state index in [1.807, 2.05) is 6.92 Å². The lowest BCUT2D eigenvalue weighted by atomic mass is 9.96. The van der Waals surface area contributed by atoms with Crippen molar-refractivity contribution >= 4 is 11.8 Å². The second-order valence-electron chi connectivity index (χ2n) is 4.21. The van der Waals surface area contributed by atoms with E-state index < -0.39 is 0 Å². The van der Waals surface area contributed by atoms with Crippen molar-refractivity contribution in [3.05, 3.63) is 0 Å². The van der Waals surface area contributed by atoms with E-state index in [0.29, 0.717) is 18.3 Å². The zero-order valence-electron chi connectivity index (χ0n) is 8.66. The van der Waals surface area contributed by atoms with Gasteiger partial charge in [0.1, 0.15) is 5.78 Å². The molecule has 2 aliphatic rings. The van der Waals surface area contributed by atoms with Gasteiger partial charge in [-0.25, -0.2) is 0 Å². The lowest BCUT2D eigenvalue weighted by Crippen LogP contribution is -2.18. The lowest BCUT2D eigenvalue weighted by molar-refractivity contribution is -0.146. The van der Waals surface area contributed by atoms with Crippen LogP contribution in [0.15, 0.2) is 0 Å². The van der Waals surface area contributed by atoms with E-state index in [2.05, 4.69) is 0 Å². The smallest absolute Gasteiger partial charge is 0.309 e. The minimum atomic E-state index is -0.162. The van der Waals surface area contributed by atoms with Crippen LogP contribution in [0.2, 0.25) is 0 Å². The van der Waals surface area contributed by atoms with E-state index in [4.69, 9.17) is 4.74 Å². The van der Waals surface area contributed by atoms with Gasteiger partial charge in [-0.05, 0) is 25.7 Å². The summed E-state index contributed by atoms with van der Waals surface area (Å²) in [5.41, 5.74) is 0. The van der Waals surface area contributed by atoms with Crippen molar-refractivity contribution in [1.82, 2.24) is 0 Å². The van der Waals surface area contributed by atoms with E-state index in [0.717, 1.165) is 12.8 Å². The van der Waals surface area contributed by atoms with E-state index >= 15 is 0 Å². The maximum absolute atomic E-state index is 11.7. The normalized spacial score (nSPS) is 39.4. The molecule has 0 spiro atoms. The van der Waals surface area contributed by atoms with Crippen LogP contribution in [0.1, 0.15) is 26.7 Å². The van der Waals surface area contributed by atoms with Crippen molar-refractivity contribution in [3.63, 3.8) is 0 Å². The maximum atomic E-state index is 11.7. The standard InChI is InChI=1S/C11H16O3/c1-3-6-5-7-8(10(6)12)9(7)11(13)14-4-2/h6-9H,3-5H2,1-2H3. The molecule has 0 bridgehead atoms. The first kappa shape index (κ1) is 9.69. The second-order valence-corrected chi connectivity index (χ2v) is 4.21. The number of rotatable bonds is 3. The molecule has 14 heavy (non-hydrogen) atoms. The number of esters is 1. The fourth-order valence-corrected chi connectivity index (χ4v) is 2.70. The van der Waals surface area contributed by atoms with Crippen LogP contribution in [0.4, 0.5) is 0 Å². The Morgan fingerprint density at radius 1 is 1.50 bits per heavy atom. The Kier molecular flexibility index (Phi) is 2.33. The van der Waals surface area contributed by atoms with Crippen molar-refractivity contribution < 1.29 is 14.3 Å². The van der Waals surface area contributed by atoms with Gasteiger partial charge in [0.05, 0.1) is 12.5 Å². The molecule has 2 saturated carbocycles. The summed E-state index contributed by atoms with van der Waals surface area (Å²) in [6, 6.07) is 0. The molecule has 0 aromatic rings. The van der Waals surface area contributed by atoms with Crippen LogP contribution >= 0.6 is 0 Å². The molecule has 0 aromatic heterocycles. The largest absolute Gasteiger partial charge is 0.466 e. The van der Waals surface area contributed by atoms with Gasteiger partial charge in [0.15, 0.2) is 0 Å².